The second-order valence-electron chi connectivity index (χ2n) is 4.91. The van der Waals surface area contributed by atoms with Crippen LogP contribution in [0.1, 0.15) is 20.8 Å². The first-order valence-corrected chi connectivity index (χ1v) is 6.71. The molecule has 1 rings (SSSR count). The largest absolute Gasteiger partial charge is 0.491 e. The number of hydrogen-bond donors (Lipinski definition) is 3. The summed E-state index contributed by atoms with van der Waals surface area (Å²) in [6, 6.07) is 2.84. The van der Waals surface area contributed by atoms with E-state index in [-0.39, 0.29) is 4.90 Å². The molecule has 0 fully saturated rings. The molecule has 0 spiro atoms. The molecule has 0 unspecified atom stereocenters. The first-order chi connectivity index (χ1) is 8.03. The average molecular weight is 275 g/mol. The van der Waals surface area contributed by atoms with Crippen molar-refractivity contribution in [2.75, 3.05) is 0 Å². The maximum Gasteiger partial charge on any atom is 0.491 e. The molecule has 100 valence electrons. The van der Waals surface area contributed by atoms with Crippen LogP contribution in [0.4, 0.5) is 4.39 Å². The van der Waals surface area contributed by atoms with E-state index in [4.69, 9.17) is 10.0 Å². The van der Waals surface area contributed by atoms with Crippen molar-refractivity contribution in [1.82, 2.24) is 4.72 Å². The van der Waals surface area contributed by atoms with Gasteiger partial charge in [-0.25, -0.2) is 17.5 Å². The molecule has 18 heavy (non-hydrogen) atoms. The van der Waals surface area contributed by atoms with E-state index in [1.54, 1.807) is 20.8 Å². The van der Waals surface area contributed by atoms with Crippen LogP contribution in [0.3, 0.4) is 0 Å². The monoisotopic (exact) mass is 275 g/mol. The summed E-state index contributed by atoms with van der Waals surface area (Å²) in [7, 11) is -5.89. The summed E-state index contributed by atoms with van der Waals surface area (Å²) >= 11 is 0. The second kappa shape index (κ2) is 4.97. The van der Waals surface area contributed by atoms with E-state index in [0.717, 1.165) is 18.2 Å². The third-order valence-corrected chi connectivity index (χ3v) is 3.75. The summed E-state index contributed by atoms with van der Waals surface area (Å²) in [6.45, 7) is 4.99. The number of rotatable bonds is 3. The van der Waals surface area contributed by atoms with Crippen LogP contribution in [-0.4, -0.2) is 31.1 Å². The first-order valence-electron chi connectivity index (χ1n) is 5.22. The zero-order valence-corrected chi connectivity index (χ0v) is 11.1. The van der Waals surface area contributed by atoms with Gasteiger partial charge in [-0.15, -0.1) is 0 Å². The molecule has 0 radical (unpaired) electrons. The Bertz CT molecular complexity index is 539. The molecular weight excluding hydrogens is 260 g/mol. The van der Waals surface area contributed by atoms with Gasteiger partial charge in [0.15, 0.2) is 0 Å². The number of hydrogen-bond acceptors (Lipinski definition) is 4. The van der Waals surface area contributed by atoms with E-state index in [9.17, 15) is 12.8 Å². The highest BCUT2D eigenvalue weighted by molar-refractivity contribution is 7.89. The van der Waals surface area contributed by atoms with Crippen LogP contribution in [-0.2, 0) is 10.0 Å². The lowest BCUT2D eigenvalue weighted by molar-refractivity contribution is 0.423. The minimum absolute atomic E-state index is 0.220. The maximum absolute atomic E-state index is 13.2. The van der Waals surface area contributed by atoms with Gasteiger partial charge in [-0.05, 0) is 39.0 Å². The summed E-state index contributed by atoms with van der Waals surface area (Å²) in [5.74, 6) is -0.875. The minimum Gasteiger partial charge on any atom is -0.423 e. The van der Waals surface area contributed by atoms with E-state index in [0.29, 0.717) is 0 Å². The highest BCUT2D eigenvalue weighted by atomic mass is 32.2. The number of benzene rings is 1. The van der Waals surface area contributed by atoms with Crippen molar-refractivity contribution in [1.29, 1.82) is 0 Å². The van der Waals surface area contributed by atoms with Crippen molar-refractivity contribution in [3.63, 3.8) is 0 Å². The van der Waals surface area contributed by atoms with E-state index >= 15 is 0 Å². The Morgan fingerprint density at radius 2 is 1.83 bits per heavy atom. The lowest BCUT2D eigenvalue weighted by atomic mass is 9.80. The summed E-state index contributed by atoms with van der Waals surface area (Å²) in [5.41, 5.74) is -1.17. The van der Waals surface area contributed by atoms with Gasteiger partial charge in [0, 0.05) is 11.0 Å². The summed E-state index contributed by atoms with van der Waals surface area (Å²) in [6.07, 6.45) is 0. The molecule has 0 aliphatic heterocycles. The van der Waals surface area contributed by atoms with Crippen molar-refractivity contribution in [2.24, 2.45) is 0 Å². The SMILES string of the molecule is CC(C)(C)NS(=O)(=O)c1ccc(F)c(B(O)O)c1. The van der Waals surface area contributed by atoms with Crippen molar-refractivity contribution in [2.45, 2.75) is 31.2 Å². The van der Waals surface area contributed by atoms with Crippen LogP contribution in [0.5, 0.6) is 0 Å². The van der Waals surface area contributed by atoms with E-state index in [1.807, 2.05) is 0 Å². The summed E-state index contributed by atoms with van der Waals surface area (Å²) < 4.78 is 39.5. The average Bonchev–Trinajstić information content (AvgIpc) is 2.13. The molecule has 3 N–H and O–H groups in total. The zero-order valence-electron chi connectivity index (χ0n) is 10.3. The van der Waals surface area contributed by atoms with Gasteiger partial charge in [-0.3, -0.25) is 0 Å². The number of sulfonamides is 1. The quantitative estimate of drug-likeness (QED) is 0.654. The van der Waals surface area contributed by atoms with Crippen LogP contribution in [0.2, 0.25) is 0 Å². The molecule has 0 aliphatic rings. The van der Waals surface area contributed by atoms with Gasteiger partial charge < -0.3 is 10.0 Å². The van der Waals surface area contributed by atoms with Gasteiger partial charge in [-0.1, -0.05) is 0 Å². The third-order valence-electron chi connectivity index (χ3n) is 2.00. The van der Waals surface area contributed by atoms with Gasteiger partial charge in [0.25, 0.3) is 0 Å². The Kier molecular flexibility index (Phi) is 4.17. The van der Waals surface area contributed by atoms with E-state index in [1.165, 1.54) is 0 Å². The topological polar surface area (TPSA) is 86.6 Å². The van der Waals surface area contributed by atoms with Crippen molar-refractivity contribution in [3.8, 4) is 0 Å². The predicted molar refractivity (Wildman–Crippen MR) is 66.3 cm³/mol. The van der Waals surface area contributed by atoms with Crippen molar-refractivity contribution >= 4 is 22.6 Å². The smallest absolute Gasteiger partial charge is 0.423 e. The van der Waals surface area contributed by atoms with Gasteiger partial charge in [-0.2, -0.15) is 0 Å². The van der Waals surface area contributed by atoms with E-state index < -0.39 is 34.0 Å². The molecule has 0 amide bonds. The molecule has 0 aromatic heterocycles. The third kappa shape index (κ3) is 3.77. The molecule has 0 aliphatic carbocycles. The van der Waals surface area contributed by atoms with Crippen LogP contribution in [0, 0.1) is 5.82 Å². The molecule has 0 heterocycles. The Labute approximate surface area is 106 Å². The van der Waals surface area contributed by atoms with Gasteiger partial charge in [0.2, 0.25) is 10.0 Å². The Morgan fingerprint density at radius 3 is 2.28 bits per heavy atom. The molecular formula is C10H15BFNO4S. The summed E-state index contributed by atoms with van der Waals surface area (Å²) in [4.78, 5) is -0.220. The molecule has 1 aromatic rings. The summed E-state index contributed by atoms with van der Waals surface area (Å²) in [5, 5.41) is 17.9. The molecule has 8 heteroatoms. The molecule has 0 saturated carbocycles. The van der Waals surface area contributed by atoms with Gasteiger partial charge >= 0.3 is 7.12 Å². The van der Waals surface area contributed by atoms with Gasteiger partial charge in [0.05, 0.1) is 4.90 Å². The van der Waals surface area contributed by atoms with Crippen LogP contribution >= 0.6 is 0 Å². The fraction of sp³-hybridized carbons (Fsp3) is 0.400. The molecule has 0 atom stereocenters. The highest BCUT2D eigenvalue weighted by Gasteiger charge is 2.25. The van der Waals surface area contributed by atoms with Crippen LogP contribution in [0.15, 0.2) is 23.1 Å². The van der Waals surface area contributed by atoms with Crippen LogP contribution in [0.25, 0.3) is 0 Å². The molecule has 1 aromatic carbocycles. The van der Waals surface area contributed by atoms with Crippen molar-refractivity contribution < 1.29 is 22.9 Å². The lowest BCUT2D eigenvalue weighted by Gasteiger charge is -2.20. The standard InChI is InChI=1S/C10H15BFNO4S/c1-10(2,3)13-18(16,17)7-4-5-9(12)8(6-7)11(14)15/h4-6,13-15H,1-3H3. The van der Waals surface area contributed by atoms with Crippen LogP contribution < -0.4 is 10.2 Å². The van der Waals surface area contributed by atoms with Gasteiger partial charge in [0.1, 0.15) is 5.82 Å². The molecule has 5 nitrogen and oxygen atoms in total. The Morgan fingerprint density at radius 1 is 1.28 bits per heavy atom. The number of halogens is 1. The number of nitrogens with one attached hydrogen (secondary N) is 1. The minimum atomic E-state index is -3.83. The van der Waals surface area contributed by atoms with Crippen molar-refractivity contribution in [3.05, 3.63) is 24.0 Å². The normalized spacial score (nSPS) is 12.6. The molecule has 0 bridgehead atoms. The fourth-order valence-electron chi connectivity index (χ4n) is 1.35. The highest BCUT2D eigenvalue weighted by Crippen LogP contribution is 2.12. The zero-order chi connectivity index (χ0) is 14.1. The predicted octanol–water partition coefficient (Wildman–Crippen LogP) is -0.418. The fourth-order valence-corrected chi connectivity index (χ4v) is 2.80. The first kappa shape index (κ1) is 15.1. The van der Waals surface area contributed by atoms with E-state index in [2.05, 4.69) is 4.72 Å². The second-order valence-corrected chi connectivity index (χ2v) is 6.59. The maximum atomic E-state index is 13.2. The Hall–Kier alpha value is -0.955. The Balaban J connectivity index is 3.22. The lowest BCUT2D eigenvalue weighted by Crippen LogP contribution is -2.41. The molecule has 0 saturated heterocycles.